The number of nitrogens with zero attached hydrogens (tertiary/aromatic N) is 2. The van der Waals surface area contributed by atoms with Gasteiger partial charge in [-0.1, -0.05) is 6.07 Å². The molecule has 0 aromatic carbocycles. The number of aromatic nitrogens is 1. The Labute approximate surface area is 121 Å². The third-order valence-electron chi connectivity index (χ3n) is 2.99. The number of hydrogen-bond donors (Lipinski definition) is 2. The van der Waals surface area contributed by atoms with Crippen LogP contribution in [0.1, 0.15) is 32.8 Å². The minimum absolute atomic E-state index is 0.0255. The molecule has 1 aromatic rings. The third-order valence-corrected chi connectivity index (χ3v) is 2.99. The maximum absolute atomic E-state index is 12.0. The van der Waals surface area contributed by atoms with E-state index in [4.69, 9.17) is 5.73 Å². The molecule has 5 nitrogen and oxygen atoms in total. The lowest BCUT2D eigenvalue weighted by Crippen LogP contribution is -2.46. The van der Waals surface area contributed by atoms with E-state index in [0.717, 1.165) is 12.1 Å². The average Bonchev–Trinajstić information content (AvgIpc) is 2.35. The van der Waals surface area contributed by atoms with Crippen LogP contribution in [0.25, 0.3) is 0 Å². The largest absolute Gasteiger partial charge is 0.351 e. The Bertz CT molecular complexity index is 414. The van der Waals surface area contributed by atoms with Gasteiger partial charge in [-0.05, 0) is 39.4 Å². The van der Waals surface area contributed by atoms with Crippen molar-refractivity contribution in [3.8, 4) is 0 Å². The Hall–Kier alpha value is -1.46. The van der Waals surface area contributed by atoms with E-state index in [1.807, 2.05) is 46.1 Å². The molecule has 3 N–H and O–H groups in total. The lowest BCUT2D eigenvalue weighted by atomic mass is 10.1. The minimum Gasteiger partial charge on any atom is -0.351 e. The fourth-order valence-electron chi connectivity index (χ4n) is 2.01. The number of pyridine rings is 1. The number of nitrogens with one attached hydrogen (secondary N) is 1. The number of carbonyl (C=O) groups is 1. The SMILES string of the molecule is CN(Cc1cccnc1)C(CN)CC(=O)NC(C)(C)C. The zero-order valence-corrected chi connectivity index (χ0v) is 12.9. The Morgan fingerprint density at radius 3 is 2.70 bits per heavy atom. The van der Waals surface area contributed by atoms with Crippen molar-refractivity contribution >= 4 is 5.91 Å². The molecule has 0 saturated carbocycles. The number of likely N-dealkylation sites (N-methyl/N-ethyl adjacent to an activating group) is 1. The standard InChI is InChI=1S/C15H26N4O/c1-15(2,3)18-14(20)8-13(9-16)19(4)11-12-6-5-7-17-10-12/h5-7,10,13H,8-9,11,16H2,1-4H3,(H,18,20). The first-order valence-corrected chi connectivity index (χ1v) is 6.92. The Balaban J connectivity index is 2.55. The van der Waals surface area contributed by atoms with E-state index in [-0.39, 0.29) is 17.5 Å². The van der Waals surface area contributed by atoms with Gasteiger partial charge >= 0.3 is 0 Å². The van der Waals surface area contributed by atoms with Crippen molar-refractivity contribution < 1.29 is 4.79 Å². The maximum atomic E-state index is 12.0. The molecule has 0 spiro atoms. The molecule has 1 heterocycles. The van der Waals surface area contributed by atoms with Crippen LogP contribution in [0.3, 0.4) is 0 Å². The summed E-state index contributed by atoms with van der Waals surface area (Å²) in [5.41, 5.74) is 6.71. The highest BCUT2D eigenvalue weighted by Crippen LogP contribution is 2.08. The Morgan fingerprint density at radius 1 is 1.50 bits per heavy atom. The van der Waals surface area contributed by atoms with E-state index in [2.05, 4.69) is 15.2 Å². The van der Waals surface area contributed by atoms with Gasteiger partial charge in [0.2, 0.25) is 5.91 Å². The van der Waals surface area contributed by atoms with Gasteiger partial charge in [0.25, 0.3) is 0 Å². The number of carbonyl (C=O) groups excluding carboxylic acids is 1. The van der Waals surface area contributed by atoms with Crippen molar-refractivity contribution in [2.24, 2.45) is 5.73 Å². The van der Waals surface area contributed by atoms with E-state index < -0.39 is 0 Å². The van der Waals surface area contributed by atoms with Gasteiger partial charge in [-0.3, -0.25) is 14.7 Å². The highest BCUT2D eigenvalue weighted by molar-refractivity contribution is 5.77. The summed E-state index contributed by atoms with van der Waals surface area (Å²) in [6.07, 6.45) is 3.99. The molecule has 1 rings (SSSR count). The molecule has 112 valence electrons. The van der Waals surface area contributed by atoms with E-state index in [1.165, 1.54) is 0 Å². The summed E-state index contributed by atoms with van der Waals surface area (Å²) in [5.74, 6) is 0.0333. The summed E-state index contributed by atoms with van der Waals surface area (Å²) in [7, 11) is 1.98. The van der Waals surface area contributed by atoms with Crippen LogP contribution in [-0.4, -0.2) is 41.0 Å². The second-order valence-corrected chi connectivity index (χ2v) is 6.17. The number of rotatable bonds is 6. The predicted octanol–water partition coefficient (Wildman–Crippen LogP) is 1.15. The summed E-state index contributed by atoms with van der Waals surface area (Å²) in [6, 6.07) is 3.96. The fourth-order valence-corrected chi connectivity index (χ4v) is 2.01. The van der Waals surface area contributed by atoms with Gasteiger partial charge in [0.1, 0.15) is 0 Å². The first kappa shape index (κ1) is 16.6. The quantitative estimate of drug-likeness (QED) is 0.819. The average molecular weight is 278 g/mol. The molecule has 1 aromatic heterocycles. The summed E-state index contributed by atoms with van der Waals surface area (Å²) in [5, 5.41) is 2.97. The molecule has 0 fully saturated rings. The molecule has 1 amide bonds. The second kappa shape index (κ2) is 7.36. The first-order chi connectivity index (χ1) is 9.31. The maximum Gasteiger partial charge on any atom is 0.222 e. The van der Waals surface area contributed by atoms with Crippen molar-refractivity contribution in [1.29, 1.82) is 0 Å². The minimum atomic E-state index is -0.210. The van der Waals surface area contributed by atoms with Crippen molar-refractivity contribution in [3.05, 3.63) is 30.1 Å². The highest BCUT2D eigenvalue weighted by Gasteiger charge is 2.20. The summed E-state index contributed by atoms with van der Waals surface area (Å²) < 4.78 is 0. The smallest absolute Gasteiger partial charge is 0.222 e. The van der Waals surface area contributed by atoms with Gasteiger partial charge < -0.3 is 11.1 Å². The third kappa shape index (κ3) is 6.12. The van der Waals surface area contributed by atoms with Crippen molar-refractivity contribution in [2.45, 2.75) is 45.3 Å². The van der Waals surface area contributed by atoms with Gasteiger partial charge in [0.15, 0.2) is 0 Å². The monoisotopic (exact) mass is 278 g/mol. The molecule has 1 unspecified atom stereocenters. The van der Waals surface area contributed by atoms with E-state index in [1.54, 1.807) is 6.20 Å². The highest BCUT2D eigenvalue weighted by atomic mass is 16.1. The van der Waals surface area contributed by atoms with Crippen molar-refractivity contribution in [1.82, 2.24) is 15.2 Å². The fraction of sp³-hybridized carbons (Fsp3) is 0.600. The first-order valence-electron chi connectivity index (χ1n) is 6.92. The molecular formula is C15H26N4O. The molecule has 5 heteroatoms. The van der Waals surface area contributed by atoms with E-state index in [0.29, 0.717) is 13.0 Å². The molecule has 0 aliphatic heterocycles. The zero-order chi connectivity index (χ0) is 15.2. The molecule has 0 saturated heterocycles. The van der Waals surface area contributed by atoms with Crippen LogP contribution < -0.4 is 11.1 Å². The second-order valence-electron chi connectivity index (χ2n) is 6.17. The van der Waals surface area contributed by atoms with Crippen molar-refractivity contribution in [2.75, 3.05) is 13.6 Å². The number of amides is 1. The van der Waals surface area contributed by atoms with Gasteiger partial charge in [-0.2, -0.15) is 0 Å². The number of hydrogen-bond acceptors (Lipinski definition) is 4. The lowest BCUT2D eigenvalue weighted by molar-refractivity contribution is -0.123. The molecular weight excluding hydrogens is 252 g/mol. The lowest BCUT2D eigenvalue weighted by Gasteiger charge is -2.28. The van der Waals surface area contributed by atoms with Crippen LogP contribution in [0.5, 0.6) is 0 Å². The molecule has 0 aliphatic rings. The summed E-state index contributed by atoms with van der Waals surface area (Å²) in [4.78, 5) is 18.2. The number of nitrogens with two attached hydrogens (primary N) is 1. The van der Waals surface area contributed by atoms with Crippen LogP contribution >= 0.6 is 0 Å². The van der Waals surface area contributed by atoms with Crippen LogP contribution in [0.4, 0.5) is 0 Å². The van der Waals surface area contributed by atoms with Crippen molar-refractivity contribution in [3.63, 3.8) is 0 Å². The van der Waals surface area contributed by atoms with Gasteiger partial charge in [-0.25, -0.2) is 0 Å². The van der Waals surface area contributed by atoms with Crippen LogP contribution in [0, 0.1) is 0 Å². The molecule has 0 aliphatic carbocycles. The zero-order valence-electron chi connectivity index (χ0n) is 12.9. The molecule has 20 heavy (non-hydrogen) atoms. The van der Waals surface area contributed by atoms with Crippen LogP contribution in [-0.2, 0) is 11.3 Å². The van der Waals surface area contributed by atoms with Gasteiger partial charge in [0.05, 0.1) is 0 Å². The molecule has 0 bridgehead atoms. The normalized spacial score (nSPS) is 13.3. The molecule has 1 atom stereocenters. The summed E-state index contributed by atoms with van der Waals surface area (Å²) in [6.45, 7) is 7.11. The van der Waals surface area contributed by atoms with E-state index >= 15 is 0 Å². The van der Waals surface area contributed by atoms with Gasteiger partial charge in [-0.15, -0.1) is 0 Å². The topological polar surface area (TPSA) is 71.2 Å². The van der Waals surface area contributed by atoms with Gasteiger partial charge in [0, 0.05) is 43.5 Å². The van der Waals surface area contributed by atoms with Crippen LogP contribution in [0.15, 0.2) is 24.5 Å². The van der Waals surface area contributed by atoms with Crippen LogP contribution in [0.2, 0.25) is 0 Å². The Kier molecular flexibility index (Phi) is 6.10. The molecule has 0 radical (unpaired) electrons. The summed E-state index contributed by atoms with van der Waals surface area (Å²) >= 11 is 0. The predicted molar refractivity (Wildman–Crippen MR) is 81.1 cm³/mol. The van der Waals surface area contributed by atoms with E-state index in [9.17, 15) is 4.79 Å². The Morgan fingerprint density at radius 2 is 2.20 bits per heavy atom.